The van der Waals surface area contributed by atoms with Crippen LogP contribution in [0.3, 0.4) is 0 Å². The summed E-state index contributed by atoms with van der Waals surface area (Å²) in [6.45, 7) is 2.01. The van der Waals surface area contributed by atoms with Crippen LogP contribution in [0.1, 0.15) is 28.7 Å². The summed E-state index contributed by atoms with van der Waals surface area (Å²) in [6.07, 6.45) is 1.57. The lowest BCUT2D eigenvalue weighted by molar-refractivity contribution is 0.102. The van der Waals surface area contributed by atoms with Gasteiger partial charge in [0.2, 0.25) is 0 Å². The molecule has 3 aromatic rings. The number of rotatable bonds is 6. The van der Waals surface area contributed by atoms with E-state index in [9.17, 15) is 4.79 Å². The predicted molar refractivity (Wildman–Crippen MR) is 88.1 cm³/mol. The van der Waals surface area contributed by atoms with E-state index in [1.807, 2.05) is 19.1 Å². The van der Waals surface area contributed by atoms with Gasteiger partial charge in [-0.25, -0.2) is 0 Å². The van der Waals surface area contributed by atoms with E-state index in [1.54, 1.807) is 19.2 Å². The molecule has 1 N–H and O–H groups in total. The van der Waals surface area contributed by atoms with Crippen LogP contribution in [-0.2, 0) is 6.42 Å². The van der Waals surface area contributed by atoms with Crippen molar-refractivity contribution in [1.29, 1.82) is 0 Å². The van der Waals surface area contributed by atoms with Crippen LogP contribution in [0.2, 0.25) is 0 Å². The molecule has 2 heterocycles. The molecule has 0 aliphatic heterocycles. The molecule has 0 saturated heterocycles. The Morgan fingerprint density at radius 2 is 2.12 bits per heavy atom. The van der Waals surface area contributed by atoms with Crippen molar-refractivity contribution in [3.63, 3.8) is 0 Å². The Morgan fingerprint density at radius 1 is 1.29 bits per heavy atom. The van der Waals surface area contributed by atoms with E-state index in [4.69, 9.17) is 9.15 Å². The van der Waals surface area contributed by atoms with Crippen molar-refractivity contribution in [2.24, 2.45) is 0 Å². The number of anilines is 1. The summed E-state index contributed by atoms with van der Waals surface area (Å²) < 4.78 is 14.6. The highest BCUT2D eigenvalue weighted by atomic mass is 32.1. The van der Waals surface area contributed by atoms with Crippen molar-refractivity contribution in [1.82, 2.24) is 19.8 Å². The Morgan fingerprint density at radius 3 is 2.92 bits per heavy atom. The Kier molecular flexibility index (Phi) is 4.80. The number of amides is 1. The number of aryl methyl sites for hydroxylation is 1. The largest absolute Gasteiger partial charge is 0.496 e. The maximum absolute atomic E-state index is 12.3. The van der Waals surface area contributed by atoms with E-state index in [0.717, 1.165) is 18.0 Å². The predicted octanol–water partition coefficient (Wildman–Crippen LogP) is 2.80. The molecule has 2 aromatic heterocycles. The van der Waals surface area contributed by atoms with Crippen LogP contribution >= 0.6 is 11.5 Å². The Labute approximate surface area is 142 Å². The first kappa shape index (κ1) is 16.1. The minimum absolute atomic E-state index is 0.0109. The van der Waals surface area contributed by atoms with Crippen molar-refractivity contribution in [3.05, 3.63) is 34.8 Å². The zero-order chi connectivity index (χ0) is 16.9. The second-order valence-electron chi connectivity index (χ2n) is 4.87. The summed E-state index contributed by atoms with van der Waals surface area (Å²) in [6, 6.07) is 7.27. The van der Waals surface area contributed by atoms with Gasteiger partial charge in [-0.3, -0.25) is 10.1 Å². The summed E-state index contributed by atoms with van der Waals surface area (Å²) in [5, 5.41) is 14.4. The van der Waals surface area contributed by atoms with Gasteiger partial charge in [0.15, 0.2) is 0 Å². The first-order valence-electron chi connectivity index (χ1n) is 7.32. The molecule has 3 rings (SSSR count). The fraction of sp³-hybridized carbons (Fsp3) is 0.267. The van der Waals surface area contributed by atoms with Crippen molar-refractivity contribution >= 4 is 23.5 Å². The molecule has 1 amide bonds. The van der Waals surface area contributed by atoms with Crippen LogP contribution in [-0.4, -0.2) is 32.8 Å². The van der Waals surface area contributed by atoms with E-state index in [1.165, 1.54) is 0 Å². The SMILES string of the molecule is CCCc1nnsc1C(=O)Nc1nnc(-c2ccccc2OC)o1. The van der Waals surface area contributed by atoms with Gasteiger partial charge in [0.1, 0.15) is 10.6 Å². The highest BCUT2D eigenvalue weighted by Crippen LogP contribution is 2.29. The quantitative estimate of drug-likeness (QED) is 0.732. The second kappa shape index (κ2) is 7.18. The number of ether oxygens (including phenoxy) is 1. The summed E-state index contributed by atoms with van der Waals surface area (Å²) in [5.41, 5.74) is 1.32. The van der Waals surface area contributed by atoms with Gasteiger partial charge in [0, 0.05) is 0 Å². The number of methoxy groups -OCH3 is 1. The third-order valence-corrected chi connectivity index (χ3v) is 4.00. The number of carbonyl (C=O) groups excluding carboxylic acids is 1. The molecule has 0 aliphatic rings. The molecular formula is C15H15N5O3S. The number of aromatic nitrogens is 4. The molecule has 9 heteroatoms. The van der Waals surface area contributed by atoms with Gasteiger partial charge in [0.25, 0.3) is 11.8 Å². The summed E-state index contributed by atoms with van der Waals surface area (Å²) in [5.74, 6) is 0.513. The lowest BCUT2D eigenvalue weighted by Crippen LogP contribution is -2.12. The zero-order valence-electron chi connectivity index (χ0n) is 13.1. The van der Waals surface area contributed by atoms with Crippen LogP contribution in [0.5, 0.6) is 5.75 Å². The smallest absolute Gasteiger partial charge is 0.322 e. The van der Waals surface area contributed by atoms with Gasteiger partial charge in [-0.15, -0.1) is 10.2 Å². The second-order valence-corrected chi connectivity index (χ2v) is 5.62. The third-order valence-electron chi connectivity index (χ3n) is 3.23. The third kappa shape index (κ3) is 3.25. The molecule has 24 heavy (non-hydrogen) atoms. The number of para-hydroxylation sites is 1. The minimum atomic E-state index is -0.358. The van der Waals surface area contributed by atoms with Crippen LogP contribution < -0.4 is 10.1 Å². The van der Waals surface area contributed by atoms with Crippen LogP contribution in [0.15, 0.2) is 28.7 Å². The molecule has 0 aliphatic carbocycles. The molecule has 0 atom stereocenters. The monoisotopic (exact) mass is 345 g/mol. The standard InChI is InChI=1S/C15H15N5O3S/c1-3-6-10-12(24-20-17-10)13(21)16-15-19-18-14(23-15)9-7-4-5-8-11(9)22-2/h4-5,7-8H,3,6H2,1-2H3,(H,16,19,21). The molecule has 0 fully saturated rings. The maximum atomic E-state index is 12.3. The van der Waals surface area contributed by atoms with E-state index in [2.05, 4.69) is 25.1 Å². The average molecular weight is 345 g/mol. The summed E-state index contributed by atoms with van der Waals surface area (Å²) >= 11 is 1.04. The molecule has 0 spiro atoms. The van der Waals surface area contributed by atoms with Gasteiger partial charge in [-0.05, 0) is 30.1 Å². The topological polar surface area (TPSA) is 103 Å². The lowest BCUT2D eigenvalue weighted by Gasteiger charge is -2.03. The van der Waals surface area contributed by atoms with Crippen LogP contribution in [0, 0.1) is 0 Å². The minimum Gasteiger partial charge on any atom is -0.496 e. The number of nitrogens with one attached hydrogen (secondary N) is 1. The van der Waals surface area contributed by atoms with E-state index < -0.39 is 0 Å². The molecule has 0 bridgehead atoms. The van der Waals surface area contributed by atoms with Gasteiger partial charge in [0.05, 0.1) is 18.4 Å². The van der Waals surface area contributed by atoms with E-state index >= 15 is 0 Å². The molecule has 8 nitrogen and oxygen atoms in total. The summed E-state index contributed by atoms with van der Waals surface area (Å²) in [7, 11) is 1.56. The Hall–Kier alpha value is -2.81. The van der Waals surface area contributed by atoms with Gasteiger partial charge < -0.3 is 9.15 Å². The highest BCUT2D eigenvalue weighted by molar-refractivity contribution is 7.08. The molecule has 0 unspecified atom stereocenters. The fourth-order valence-corrected chi connectivity index (χ4v) is 2.74. The van der Waals surface area contributed by atoms with E-state index in [0.29, 0.717) is 28.3 Å². The fourth-order valence-electron chi connectivity index (χ4n) is 2.14. The number of hydrogen-bond donors (Lipinski definition) is 1. The van der Waals surface area contributed by atoms with Crippen molar-refractivity contribution in [2.75, 3.05) is 12.4 Å². The van der Waals surface area contributed by atoms with Gasteiger partial charge in [-0.2, -0.15) is 0 Å². The van der Waals surface area contributed by atoms with E-state index in [-0.39, 0.29) is 17.8 Å². The Bertz CT molecular complexity index is 845. The van der Waals surface area contributed by atoms with Crippen LogP contribution in [0.4, 0.5) is 6.01 Å². The Balaban J connectivity index is 1.79. The average Bonchev–Trinajstić information content (AvgIpc) is 3.24. The van der Waals surface area contributed by atoms with Crippen LogP contribution in [0.25, 0.3) is 11.5 Å². The summed E-state index contributed by atoms with van der Waals surface area (Å²) in [4.78, 5) is 12.8. The first-order chi connectivity index (χ1) is 11.7. The maximum Gasteiger partial charge on any atom is 0.322 e. The number of carbonyl (C=O) groups is 1. The molecule has 0 saturated carbocycles. The number of hydrogen-bond acceptors (Lipinski definition) is 8. The zero-order valence-corrected chi connectivity index (χ0v) is 14.0. The normalized spacial score (nSPS) is 10.6. The van der Waals surface area contributed by atoms with Gasteiger partial charge >= 0.3 is 6.01 Å². The molecule has 1 aromatic carbocycles. The van der Waals surface area contributed by atoms with Crippen molar-refractivity contribution < 1.29 is 13.9 Å². The highest BCUT2D eigenvalue weighted by Gasteiger charge is 2.19. The number of nitrogens with zero attached hydrogens (tertiary/aromatic N) is 4. The molecular weight excluding hydrogens is 330 g/mol. The lowest BCUT2D eigenvalue weighted by atomic mass is 10.2. The molecule has 124 valence electrons. The molecule has 0 radical (unpaired) electrons. The first-order valence-corrected chi connectivity index (χ1v) is 8.09. The van der Waals surface area contributed by atoms with Crippen molar-refractivity contribution in [3.8, 4) is 17.2 Å². The van der Waals surface area contributed by atoms with Crippen molar-refractivity contribution in [2.45, 2.75) is 19.8 Å². The van der Waals surface area contributed by atoms with Gasteiger partial charge in [-0.1, -0.05) is 35.1 Å². The number of benzene rings is 1.